The predicted octanol–water partition coefficient (Wildman–Crippen LogP) is 3.58. The van der Waals surface area contributed by atoms with Gasteiger partial charge in [0, 0.05) is 12.0 Å². The maximum absolute atomic E-state index is 11.9. The van der Waals surface area contributed by atoms with Gasteiger partial charge in [-0.2, -0.15) is 4.98 Å². The van der Waals surface area contributed by atoms with Crippen LogP contribution in [0.15, 0.2) is 40.9 Å². The molecule has 2 aromatic rings. The van der Waals surface area contributed by atoms with Crippen LogP contribution in [-0.2, 0) is 16.0 Å². The largest absolute Gasteiger partial charge is 0.497 e. The van der Waals surface area contributed by atoms with Crippen molar-refractivity contribution >= 4 is 5.97 Å². The van der Waals surface area contributed by atoms with Crippen molar-refractivity contribution in [2.24, 2.45) is 5.92 Å². The maximum atomic E-state index is 11.9. The lowest BCUT2D eigenvalue weighted by Crippen LogP contribution is -2.15. The smallest absolute Gasteiger partial charge is 0.306 e. The lowest BCUT2D eigenvalue weighted by atomic mass is 9.95. The number of methoxy groups -OCH3 is 1. The van der Waals surface area contributed by atoms with E-state index in [2.05, 4.69) is 22.3 Å². The molecule has 132 valence electrons. The second kappa shape index (κ2) is 8.46. The van der Waals surface area contributed by atoms with Crippen molar-refractivity contribution in [3.63, 3.8) is 0 Å². The van der Waals surface area contributed by atoms with Crippen molar-refractivity contribution in [2.45, 2.75) is 32.1 Å². The zero-order valence-corrected chi connectivity index (χ0v) is 14.3. The molecule has 3 rings (SSSR count). The number of carbonyl (C=O) groups excluding carboxylic acids is 1. The third kappa shape index (κ3) is 4.92. The lowest BCUT2D eigenvalue weighted by molar-refractivity contribution is -0.145. The summed E-state index contributed by atoms with van der Waals surface area (Å²) in [5.41, 5.74) is 0.837. The number of allylic oxidation sites excluding steroid dienone is 2. The molecule has 1 unspecified atom stereocenters. The van der Waals surface area contributed by atoms with Crippen LogP contribution in [0.1, 0.15) is 31.6 Å². The fourth-order valence-corrected chi connectivity index (χ4v) is 2.71. The van der Waals surface area contributed by atoms with Crippen LogP contribution >= 0.6 is 0 Å². The molecule has 1 aromatic heterocycles. The highest BCUT2D eigenvalue weighted by Gasteiger charge is 2.14. The van der Waals surface area contributed by atoms with E-state index in [1.54, 1.807) is 7.11 Å². The van der Waals surface area contributed by atoms with Crippen LogP contribution < -0.4 is 4.74 Å². The van der Waals surface area contributed by atoms with E-state index in [4.69, 9.17) is 14.0 Å². The second-order valence-corrected chi connectivity index (χ2v) is 6.07. The summed E-state index contributed by atoms with van der Waals surface area (Å²) >= 11 is 0. The maximum Gasteiger partial charge on any atom is 0.306 e. The number of aromatic nitrogens is 2. The highest BCUT2D eigenvalue weighted by atomic mass is 16.5. The topological polar surface area (TPSA) is 74.5 Å². The standard InChI is InChI=1S/C19H22N2O4/c1-23-16-9-7-15(8-10-16)19-20-17(25-21-19)11-12-18(22)24-13-14-5-3-2-4-6-14/h2-3,7-10,14H,4-6,11-13H2,1H3. The van der Waals surface area contributed by atoms with Gasteiger partial charge in [-0.15, -0.1) is 0 Å². The van der Waals surface area contributed by atoms with E-state index in [9.17, 15) is 4.79 Å². The Morgan fingerprint density at radius 1 is 1.28 bits per heavy atom. The molecule has 0 fully saturated rings. The Labute approximate surface area is 146 Å². The van der Waals surface area contributed by atoms with Gasteiger partial charge in [-0.1, -0.05) is 17.3 Å². The summed E-state index contributed by atoms with van der Waals surface area (Å²) in [6.07, 6.45) is 8.09. The van der Waals surface area contributed by atoms with Crippen LogP contribution in [0.2, 0.25) is 0 Å². The lowest BCUT2D eigenvalue weighted by Gasteiger charge is -2.17. The zero-order chi connectivity index (χ0) is 17.5. The molecule has 6 nitrogen and oxygen atoms in total. The van der Waals surface area contributed by atoms with Crippen molar-refractivity contribution < 1.29 is 18.8 Å². The summed E-state index contributed by atoms with van der Waals surface area (Å²) in [6.45, 7) is 0.490. The fraction of sp³-hybridized carbons (Fsp3) is 0.421. The van der Waals surface area contributed by atoms with Gasteiger partial charge in [-0.25, -0.2) is 0 Å². The Hall–Kier alpha value is -2.63. The highest BCUT2D eigenvalue weighted by molar-refractivity contribution is 5.69. The number of nitrogens with zero attached hydrogens (tertiary/aromatic N) is 2. The van der Waals surface area contributed by atoms with Gasteiger partial charge < -0.3 is 14.0 Å². The molecule has 1 aliphatic rings. The molecule has 1 aromatic carbocycles. The van der Waals surface area contributed by atoms with E-state index in [0.717, 1.165) is 30.6 Å². The zero-order valence-electron chi connectivity index (χ0n) is 14.3. The Bertz CT molecular complexity index is 721. The number of hydrogen-bond acceptors (Lipinski definition) is 6. The number of benzene rings is 1. The molecule has 1 aliphatic carbocycles. The molecule has 1 heterocycles. The average Bonchev–Trinajstić information content (AvgIpc) is 3.14. The van der Waals surface area contributed by atoms with E-state index in [-0.39, 0.29) is 12.4 Å². The van der Waals surface area contributed by atoms with Crippen molar-refractivity contribution in [1.29, 1.82) is 0 Å². The minimum atomic E-state index is -0.223. The third-order valence-corrected chi connectivity index (χ3v) is 4.22. The Morgan fingerprint density at radius 2 is 2.12 bits per heavy atom. The first-order valence-corrected chi connectivity index (χ1v) is 8.52. The van der Waals surface area contributed by atoms with Crippen LogP contribution in [0.3, 0.4) is 0 Å². The molecule has 25 heavy (non-hydrogen) atoms. The Morgan fingerprint density at radius 3 is 2.84 bits per heavy atom. The van der Waals surface area contributed by atoms with Crippen LogP contribution in [0.5, 0.6) is 5.75 Å². The summed E-state index contributed by atoms with van der Waals surface area (Å²) in [4.78, 5) is 16.2. The SMILES string of the molecule is COc1ccc(-c2noc(CCC(=O)OCC3CC=CCC3)n2)cc1. The number of rotatable bonds is 7. The minimum Gasteiger partial charge on any atom is -0.497 e. The van der Waals surface area contributed by atoms with Crippen LogP contribution in [0.4, 0.5) is 0 Å². The molecule has 0 N–H and O–H groups in total. The minimum absolute atomic E-state index is 0.223. The molecular formula is C19H22N2O4. The highest BCUT2D eigenvalue weighted by Crippen LogP contribution is 2.20. The quantitative estimate of drug-likeness (QED) is 0.565. The number of ether oxygens (including phenoxy) is 2. The summed E-state index contributed by atoms with van der Waals surface area (Å²) in [5.74, 6) is 1.92. The van der Waals surface area contributed by atoms with Gasteiger partial charge in [-0.05, 0) is 49.4 Å². The van der Waals surface area contributed by atoms with Crippen molar-refractivity contribution in [3.05, 3.63) is 42.3 Å². The second-order valence-electron chi connectivity index (χ2n) is 6.07. The van der Waals surface area contributed by atoms with E-state index < -0.39 is 0 Å². The van der Waals surface area contributed by atoms with Crippen molar-refractivity contribution in [3.8, 4) is 17.1 Å². The summed E-state index contributed by atoms with van der Waals surface area (Å²) in [7, 11) is 1.62. The van der Waals surface area contributed by atoms with Crippen LogP contribution in [0, 0.1) is 5.92 Å². The Balaban J connectivity index is 1.46. The molecule has 6 heteroatoms. The van der Waals surface area contributed by atoms with E-state index >= 15 is 0 Å². The summed E-state index contributed by atoms with van der Waals surface area (Å²) in [5, 5.41) is 3.95. The van der Waals surface area contributed by atoms with E-state index in [1.807, 2.05) is 24.3 Å². The van der Waals surface area contributed by atoms with Crippen LogP contribution in [-0.4, -0.2) is 29.8 Å². The van der Waals surface area contributed by atoms with Gasteiger partial charge in [0.1, 0.15) is 5.75 Å². The molecule has 0 bridgehead atoms. The molecule has 1 atom stereocenters. The first kappa shape index (κ1) is 17.2. The number of carbonyl (C=O) groups is 1. The fourth-order valence-electron chi connectivity index (χ4n) is 2.71. The molecule has 0 amide bonds. The molecule has 0 aliphatic heterocycles. The van der Waals surface area contributed by atoms with Gasteiger partial charge in [0.15, 0.2) is 0 Å². The van der Waals surface area contributed by atoms with Gasteiger partial charge in [0.25, 0.3) is 0 Å². The number of esters is 1. The molecular weight excluding hydrogens is 320 g/mol. The monoisotopic (exact) mass is 342 g/mol. The number of hydrogen-bond donors (Lipinski definition) is 0. The van der Waals surface area contributed by atoms with Crippen molar-refractivity contribution in [2.75, 3.05) is 13.7 Å². The van der Waals surface area contributed by atoms with E-state index in [1.165, 1.54) is 0 Å². The third-order valence-electron chi connectivity index (χ3n) is 4.22. The van der Waals surface area contributed by atoms with Gasteiger partial charge in [-0.3, -0.25) is 4.79 Å². The molecule has 0 radical (unpaired) electrons. The summed E-state index contributed by atoms with van der Waals surface area (Å²) in [6, 6.07) is 7.40. The first-order valence-electron chi connectivity index (χ1n) is 8.52. The molecule has 0 saturated heterocycles. The first-order chi connectivity index (χ1) is 12.2. The van der Waals surface area contributed by atoms with Crippen molar-refractivity contribution in [1.82, 2.24) is 10.1 Å². The van der Waals surface area contributed by atoms with Gasteiger partial charge in [0.2, 0.25) is 11.7 Å². The van der Waals surface area contributed by atoms with E-state index in [0.29, 0.717) is 30.7 Å². The number of aryl methyl sites for hydroxylation is 1. The molecule has 0 spiro atoms. The normalized spacial score (nSPS) is 16.6. The van der Waals surface area contributed by atoms with Gasteiger partial charge >= 0.3 is 5.97 Å². The van der Waals surface area contributed by atoms with Crippen LogP contribution in [0.25, 0.3) is 11.4 Å². The average molecular weight is 342 g/mol. The predicted molar refractivity (Wildman–Crippen MR) is 92.0 cm³/mol. The summed E-state index contributed by atoms with van der Waals surface area (Å²) < 4.78 is 15.7. The Kier molecular flexibility index (Phi) is 5.82. The molecule has 0 saturated carbocycles. The van der Waals surface area contributed by atoms with Gasteiger partial charge in [0.05, 0.1) is 20.1 Å².